The number of halogens is 1. The number of carbonyl (C=O) groups is 1. The first-order valence-corrected chi connectivity index (χ1v) is 12.4. The molecule has 0 saturated heterocycles. The predicted molar refractivity (Wildman–Crippen MR) is 137 cm³/mol. The zero-order valence-corrected chi connectivity index (χ0v) is 21.1. The number of thioether (sulfide) groups is 1. The highest BCUT2D eigenvalue weighted by Gasteiger charge is 2.18. The van der Waals surface area contributed by atoms with Gasteiger partial charge in [-0.3, -0.25) is 14.3 Å². The van der Waals surface area contributed by atoms with E-state index in [1.807, 2.05) is 42.7 Å². The number of benzene rings is 2. The van der Waals surface area contributed by atoms with E-state index in [1.165, 1.54) is 17.3 Å². The Bertz CT molecular complexity index is 1250. The van der Waals surface area contributed by atoms with Gasteiger partial charge in [0, 0.05) is 33.8 Å². The molecule has 0 aliphatic carbocycles. The molecule has 0 spiro atoms. The van der Waals surface area contributed by atoms with E-state index in [1.54, 1.807) is 12.4 Å². The van der Waals surface area contributed by atoms with Gasteiger partial charge in [-0.2, -0.15) is 0 Å². The molecular formula is C25H24BrN5OS. The summed E-state index contributed by atoms with van der Waals surface area (Å²) in [6, 6.07) is 16.1. The van der Waals surface area contributed by atoms with Gasteiger partial charge in [-0.1, -0.05) is 46.7 Å². The second-order valence-corrected chi connectivity index (χ2v) is 9.51. The lowest BCUT2D eigenvalue weighted by molar-refractivity contribution is -0.113. The number of anilines is 1. The van der Waals surface area contributed by atoms with Gasteiger partial charge in [0.1, 0.15) is 0 Å². The van der Waals surface area contributed by atoms with Crippen LogP contribution in [0.2, 0.25) is 0 Å². The number of rotatable bonds is 7. The van der Waals surface area contributed by atoms with Crippen LogP contribution in [0.15, 0.2) is 70.6 Å². The maximum Gasteiger partial charge on any atom is 0.234 e. The molecule has 2 aromatic carbocycles. The topological polar surface area (TPSA) is 72.7 Å². The van der Waals surface area contributed by atoms with Crippen molar-refractivity contribution in [3.05, 3.63) is 82.1 Å². The average molecular weight is 522 g/mol. The lowest BCUT2D eigenvalue weighted by Gasteiger charge is -2.13. The largest absolute Gasteiger partial charge is 0.325 e. The summed E-state index contributed by atoms with van der Waals surface area (Å²) in [7, 11) is 0. The van der Waals surface area contributed by atoms with E-state index in [4.69, 9.17) is 0 Å². The van der Waals surface area contributed by atoms with Crippen molar-refractivity contribution in [2.75, 3.05) is 11.1 Å². The van der Waals surface area contributed by atoms with E-state index in [9.17, 15) is 4.79 Å². The fourth-order valence-corrected chi connectivity index (χ4v) is 5.02. The Kier molecular flexibility index (Phi) is 7.25. The number of amides is 1. The molecule has 168 valence electrons. The van der Waals surface area contributed by atoms with Crippen molar-refractivity contribution >= 4 is 39.3 Å². The van der Waals surface area contributed by atoms with Gasteiger partial charge in [-0.15, -0.1) is 10.2 Å². The van der Waals surface area contributed by atoms with Crippen molar-refractivity contribution in [3.8, 4) is 17.1 Å². The van der Waals surface area contributed by atoms with Crippen molar-refractivity contribution in [3.63, 3.8) is 0 Å². The molecule has 0 fully saturated rings. The van der Waals surface area contributed by atoms with Crippen molar-refractivity contribution < 1.29 is 4.79 Å². The Morgan fingerprint density at radius 2 is 1.70 bits per heavy atom. The van der Waals surface area contributed by atoms with Gasteiger partial charge >= 0.3 is 0 Å². The predicted octanol–water partition coefficient (Wildman–Crippen LogP) is 6.00. The van der Waals surface area contributed by atoms with Crippen LogP contribution < -0.4 is 5.32 Å². The lowest BCUT2D eigenvalue weighted by Crippen LogP contribution is -2.16. The van der Waals surface area contributed by atoms with Gasteiger partial charge in [0.25, 0.3) is 0 Å². The molecule has 2 aromatic heterocycles. The van der Waals surface area contributed by atoms with Crippen LogP contribution in [-0.2, 0) is 11.2 Å². The van der Waals surface area contributed by atoms with E-state index in [2.05, 4.69) is 67.6 Å². The third-order valence-electron chi connectivity index (χ3n) is 5.27. The quantitative estimate of drug-likeness (QED) is 0.302. The van der Waals surface area contributed by atoms with E-state index in [-0.39, 0.29) is 11.7 Å². The number of nitrogens with zero attached hydrogens (tertiary/aromatic N) is 4. The smallest absolute Gasteiger partial charge is 0.234 e. The molecule has 0 atom stereocenters. The average Bonchev–Trinajstić information content (AvgIpc) is 3.24. The van der Waals surface area contributed by atoms with Crippen molar-refractivity contribution in [1.82, 2.24) is 19.7 Å². The summed E-state index contributed by atoms with van der Waals surface area (Å²) < 4.78 is 2.98. The normalized spacial score (nSPS) is 10.9. The molecule has 0 aliphatic rings. The fourth-order valence-electron chi connectivity index (χ4n) is 3.58. The molecule has 4 aromatic rings. The first kappa shape index (κ1) is 23.2. The summed E-state index contributed by atoms with van der Waals surface area (Å²) in [4.78, 5) is 16.9. The third-order valence-corrected chi connectivity index (χ3v) is 6.66. The van der Waals surface area contributed by atoms with E-state index in [0.29, 0.717) is 11.0 Å². The number of hydrogen-bond acceptors (Lipinski definition) is 5. The molecule has 1 amide bonds. The molecule has 33 heavy (non-hydrogen) atoms. The molecule has 4 rings (SSSR count). The zero-order valence-electron chi connectivity index (χ0n) is 18.7. The van der Waals surface area contributed by atoms with Crippen LogP contribution in [0.1, 0.15) is 23.6 Å². The Balaban J connectivity index is 1.60. The van der Waals surface area contributed by atoms with E-state index in [0.717, 1.165) is 39.0 Å². The molecule has 6 nitrogen and oxygen atoms in total. The van der Waals surface area contributed by atoms with Gasteiger partial charge in [-0.05, 0) is 73.4 Å². The standard InChI is InChI=1S/C25H24BrN5OS/c1-4-18-5-7-21(8-6-18)31-24(19-9-11-27-12-10-19)29-30-25(31)33-15-22(32)28-23-16(2)13-20(26)14-17(23)3/h5-14H,4,15H2,1-3H3,(H,28,32). The molecule has 0 unspecified atom stereocenters. The second kappa shape index (κ2) is 10.3. The fraction of sp³-hybridized carbons (Fsp3) is 0.200. The summed E-state index contributed by atoms with van der Waals surface area (Å²) in [5.41, 5.74) is 5.99. The zero-order chi connectivity index (χ0) is 23.4. The maximum atomic E-state index is 12.8. The Morgan fingerprint density at radius 3 is 2.33 bits per heavy atom. The number of nitrogens with one attached hydrogen (secondary N) is 1. The SMILES string of the molecule is CCc1ccc(-n2c(SCC(=O)Nc3c(C)cc(Br)cc3C)nnc2-c2ccncc2)cc1. The molecule has 0 saturated carbocycles. The molecule has 8 heteroatoms. The van der Waals surface area contributed by atoms with Gasteiger partial charge in [-0.25, -0.2) is 0 Å². The van der Waals surface area contributed by atoms with E-state index >= 15 is 0 Å². The summed E-state index contributed by atoms with van der Waals surface area (Å²) in [5.74, 6) is 0.843. The number of aryl methyl sites for hydroxylation is 3. The highest BCUT2D eigenvalue weighted by atomic mass is 79.9. The van der Waals surface area contributed by atoms with E-state index < -0.39 is 0 Å². The highest BCUT2D eigenvalue weighted by molar-refractivity contribution is 9.10. The first-order chi connectivity index (χ1) is 16.0. The van der Waals surface area contributed by atoms with Gasteiger partial charge in [0.15, 0.2) is 11.0 Å². The van der Waals surface area contributed by atoms with Gasteiger partial charge in [0.2, 0.25) is 5.91 Å². The van der Waals surface area contributed by atoms with Crippen LogP contribution in [0.3, 0.4) is 0 Å². The molecule has 0 radical (unpaired) electrons. The van der Waals surface area contributed by atoms with Crippen molar-refractivity contribution in [2.45, 2.75) is 32.3 Å². The number of pyridine rings is 1. The summed E-state index contributed by atoms with van der Waals surface area (Å²) >= 11 is 4.86. The van der Waals surface area contributed by atoms with Crippen LogP contribution in [0.5, 0.6) is 0 Å². The summed E-state index contributed by atoms with van der Waals surface area (Å²) in [5, 5.41) is 12.5. The van der Waals surface area contributed by atoms with Crippen LogP contribution in [0.4, 0.5) is 5.69 Å². The van der Waals surface area contributed by atoms with Crippen molar-refractivity contribution in [1.29, 1.82) is 0 Å². The van der Waals surface area contributed by atoms with Gasteiger partial charge in [0.05, 0.1) is 5.75 Å². The van der Waals surface area contributed by atoms with Gasteiger partial charge < -0.3 is 5.32 Å². The summed E-state index contributed by atoms with van der Waals surface area (Å²) in [6.45, 7) is 6.10. The number of hydrogen-bond donors (Lipinski definition) is 1. The number of carbonyl (C=O) groups excluding carboxylic acids is 1. The molecular weight excluding hydrogens is 498 g/mol. The Labute approximate surface area is 206 Å². The minimum absolute atomic E-state index is 0.0881. The Hall–Kier alpha value is -2.97. The first-order valence-electron chi connectivity index (χ1n) is 10.6. The lowest BCUT2D eigenvalue weighted by atomic mass is 10.1. The number of aromatic nitrogens is 4. The van der Waals surface area contributed by atoms with Crippen LogP contribution in [-0.4, -0.2) is 31.4 Å². The molecule has 2 heterocycles. The van der Waals surface area contributed by atoms with Crippen LogP contribution in [0, 0.1) is 13.8 Å². The Morgan fingerprint density at radius 1 is 1.03 bits per heavy atom. The third kappa shape index (κ3) is 5.34. The minimum Gasteiger partial charge on any atom is -0.325 e. The molecule has 0 aliphatic heterocycles. The monoisotopic (exact) mass is 521 g/mol. The van der Waals surface area contributed by atoms with Crippen LogP contribution in [0.25, 0.3) is 17.1 Å². The summed E-state index contributed by atoms with van der Waals surface area (Å²) in [6.07, 6.45) is 4.44. The van der Waals surface area contributed by atoms with Crippen LogP contribution >= 0.6 is 27.7 Å². The maximum absolute atomic E-state index is 12.8. The molecule has 1 N–H and O–H groups in total. The second-order valence-electron chi connectivity index (χ2n) is 7.65. The van der Waals surface area contributed by atoms with Crippen molar-refractivity contribution in [2.24, 2.45) is 0 Å². The minimum atomic E-state index is -0.0881. The highest BCUT2D eigenvalue weighted by Crippen LogP contribution is 2.29. The molecule has 0 bridgehead atoms.